The van der Waals surface area contributed by atoms with E-state index in [2.05, 4.69) is 174 Å². The molecule has 4 heteroatoms. The van der Waals surface area contributed by atoms with Crippen LogP contribution in [0.15, 0.2) is 174 Å². The van der Waals surface area contributed by atoms with Crippen LogP contribution in [0.5, 0.6) is 5.75 Å². The Morgan fingerprint density at radius 2 is 1.22 bits per heavy atom. The van der Waals surface area contributed by atoms with Gasteiger partial charge in [-0.05, 0) is 84.8 Å². The second kappa shape index (κ2) is 11.3. The van der Waals surface area contributed by atoms with Crippen molar-refractivity contribution in [2.75, 3.05) is 4.90 Å². The maximum absolute atomic E-state index is 6.74. The van der Waals surface area contributed by atoms with Crippen molar-refractivity contribution in [3.05, 3.63) is 180 Å². The molecule has 4 nitrogen and oxygen atoms in total. The van der Waals surface area contributed by atoms with Crippen molar-refractivity contribution in [2.45, 2.75) is 13.3 Å². The first kappa shape index (κ1) is 28.5. The molecule has 9 aromatic rings. The third-order valence-electron chi connectivity index (χ3n) is 9.94. The van der Waals surface area contributed by atoms with Crippen LogP contribution in [0.25, 0.3) is 55.2 Å². The van der Waals surface area contributed by atoms with Crippen molar-refractivity contribution < 1.29 is 9.15 Å². The van der Waals surface area contributed by atoms with Crippen LogP contribution >= 0.6 is 0 Å². The minimum absolute atomic E-state index is 0.823. The molecule has 238 valence electrons. The van der Waals surface area contributed by atoms with E-state index in [0.717, 1.165) is 68.2 Å². The number of nitrogens with zero attached hydrogens (tertiary/aromatic N) is 2. The Kier molecular flexibility index (Phi) is 6.43. The smallest absolute Gasteiger partial charge is 0.142 e. The summed E-state index contributed by atoms with van der Waals surface area (Å²) < 4.78 is 15.7. The molecule has 10 rings (SSSR count). The van der Waals surface area contributed by atoms with Crippen molar-refractivity contribution in [2.24, 2.45) is 0 Å². The number of allylic oxidation sites excluding steroid dienone is 1. The minimum atomic E-state index is 0.823. The molecule has 0 radical (unpaired) electrons. The molecule has 0 N–H and O–H groups in total. The predicted molar refractivity (Wildman–Crippen MR) is 206 cm³/mol. The molecule has 0 saturated carbocycles. The fourth-order valence-electron chi connectivity index (χ4n) is 7.69. The van der Waals surface area contributed by atoms with Gasteiger partial charge in [0, 0.05) is 57.0 Å². The number of para-hydroxylation sites is 3. The summed E-state index contributed by atoms with van der Waals surface area (Å²) >= 11 is 0. The number of ether oxygens (including phenoxy) is 1. The Hall–Kier alpha value is -6.52. The van der Waals surface area contributed by atoms with Crippen molar-refractivity contribution >= 4 is 66.6 Å². The molecule has 3 heterocycles. The Morgan fingerprint density at radius 3 is 2.04 bits per heavy atom. The van der Waals surface area contributed by atoms with Crippen LogP contribution in [-0.4, -0.2) is 4.57 Å². The molecule has 1 aliphatic rings. The zero-order valence-electron chi connectivity index (χ0n) is 27.5. The first-order valence-corrected chi connectivity index (χ1v) is 17.1. The quantitative estimate of drug-likeness (QED) is 0.187. The molecule has 0 aliphatic carbocycles. The van der Waals surface area contributed by atoms with Crippen LogP contribution in [0.2, 0.25) is 0 Å². The molecule has 1 aliphatic heterocycles. The molecule has 0 unspecified atom stereocenters. The predicted octanol–water partition coefficient (Wildman–Crippen LogP) is 12.5. The van der Waals surface area contributed by atoms with Gasteiger partial charge in [0.25, 0.3) is 0 Å². The van der Waals surface area contributed by atoms with Crippen molar-refractivity contribution in [1.29, 1.82) is 0 Å². The van der Waals surface area contributed by atoms with Crippen LogP contribution in [-0.2, 0) is 6.42 Å². The van der Waals surface area contributed by atoms with Gasteiger partial charge >= 0.3 is 0 Å². The van der Waals surface area contributed by atoms with Gasteiger partial charge in [-0.15, -0.1) is 0 Å². The Labute approximate surface area is 289 Å². The first-order chi connectivity index (χ1) is 24.7. The maximum atomic E-state index is 6.74. The minimum Gasteiger partial charge on any atom is -0.456 e. The zero-order valence-corrected chi connectivity index (χ0v) is 27.5. The number of anilines is 3. The second-order valence-corrected chi connectivity index (χ2v) is 13.0. The number of hydrogen-bond acceptors (Lipinski definition) is 3. The summed E-state index contributed by atoms with van der Waals surface area (Å²) in [4.78, 5) is 2.31. The summed E-state index contributed by atoms with van der Waals surface area (Å²) in [7, 11) is 0. The third kappa shape index (κ3) is 4.46. The molecule has 0 bridgehead atoms. The Balaban J connectivity index is 1.13. The zero-order chi connectivity index (χ0) is 33.2. The van der Waals surface area contributed by atoms with Gasteiger partial charge in [0.15, 0.2) is 0 Å². The molecule has 0 fully saturated rings. The van der Waals surface area contributed by atoms with E-state index in [1.807, 2.05) is 6.07 Å². The van der Waals surface area contributed by atoms with E-state index in [9.17, 15) is 0 Å². The largest absolute Gasteiger partial charge is 0.456 e. The number of rotatable bonds is 5. The summed E-state index contributed by atoms with van der Waals surface area (Å²) in [6, 6.07) is 57.7. The lowest BCUT2D eigenvalue weighted by Crippen LogP contribution is -2.09. The van der Waals surface area contributed by atoms with Crippen LogP contribution in [0.4, 0.5) is 17.1 Å². The molecule has 50 heavy (non-hydrogen) atoms. The van der Waals surface area contributed by atoms with Gasteiger partial charge in [-0.25, -0.2) is 0 Å². The van der Waals surface area contributed by atoms with Gasteiger partial charge in [-0.1, -0.05) is 91.0 Å². The summed E-state index contributed by atoms with van der Waals surface area (Å²) in [5, 5.41) is 4.49. The summed E-state index contributed by atoms with van der Waals surface area (Å²) in [5.74, 6) is 1.81. The molecular formula is C46H32N2O2. The lowest BCUT2D eigenvalue weighted by molar-refractivity contribution is 0.497. The van der Waals surface area contributed by atoms with E-state index in [0.29, 0.717) is 0 Å². The second-order valence-electron chi connectivity index (χ2n) is 13.0. The highest BCUT2D eigenvalue weighted by Gasteiger charge is 2.25. The lowest BCUT2D eigenvalue weighted by Gasteiger charge is -2.25. The van der Waals surface area contributed by atoms with Crippen molar-refractivity contribution in [3.8, 4) is 11.4 Å². The van der Waals surface area contributed by atoms with E-state index in [-0.39, 0.29) is 0 Å². The SMILES string of the molecule is CC1=C(c2ccccc2)Oc2c(ccc3oc4cc(N(c5ccccc5)c5ccc6c(c5)c5ccccc5n6-c5ccccc5)ccc4c23)C1. The van der Waals surface area contributed by atoms with E-state index in [1.165, 1.54) is 32.9 Å². The van der Waals surface area contributed by atoms with Crippen LogP contribution in [0, 0.1) is 0 Å². The van der Waals surface area contributed by atoms with Crippen LogP contribution in [0.3, 0.4) is 0 Å². The highest BCUT2D eigenvalue weighted by molar-refractivity contribution is 6.12. The molecule has 0 spiro atoms. The topological polar surface area (TPSA) is 30.5 Å². The van der Waals surface area contributed by atoms with E-state index in [4.69, 9.17) is 9.15 Å². The number of hydrogen-bond donors (Lipinski definition) is 0. The normalized spacial score (nSPS) is 12.9. The maximum Gasteiger partial charge on any atom is 0.142 e. The summed E-state index contributed by atoms with van der Waals surface area (Å²) in [6.07, 6.45) is 0.838. The lowest BCUT2D eigenvalue weighted by atomic mass is 9.96. The van der Waals surface area contributed by atoms with Gasteiger partial charge in [0.2, 0.25) is 0 Å². The standard InChI is InChI=1S/C46H32N2O2/c1-30-27-32-21-26-42-44(46(32)50-45(30)31-13-5-2-6-14-31)38-24-22-36(29-43(38)49-42)47(33-15-7-3-8-16-33)35-23-25-41-39(28-35)37-19-11-12-20-40(37)48(41)34-17-9-4-10-18-34/h2-26,28-29H,27H2,1H3. The van der Waals surface area contributed by atoms with E-state index in [1.54, 1.807) is 0 Å². The van der Waals surface area contributed by atoms with E-state index < -0.39 is 0 Å². The fourth-order valence-corrected chi connectivity index (χ4v) is 7.69. The number of aromatic nitrogens is 1. The Bertz CT molecular complexity index is 2760. The third-order valence-corrected chi connectivity index (χ3v) is 9.94. The van der Waals surface area contributed by atoms with Crippen molar-refractivity contribution in [1.82, 2.24) is 4.57 Å². The van der Waals surface area contributed by atoms with Gasteiger partial charge < -0.3 is 18.6 Å². The van der Waals surface area contributed by atoms with Crippen LogP contribution < -0.4 is 9.64 Å². The molecular weight excluding hydrogens is 613 g/mol. The fraction of sp³-hybridized carbons (Fsp3) is 0.0435. The van der Waals surface area contributed by atoms with Gasteiger partial charge in [-0.2, -0.15) is 0 Å². The molecule has 0 saturated heterocycles. The summed E-state index contributed by atoms with van der Waals surface area (Å²) in [6.45, 7) is 2.16. The monoisotopic (exact) mass is 644 g/mol. The molecule has 7 aromatic carbocycles. The highest BCUT2D eigenvalue weighted by Crippen LogP contribution is 2.46. The average molecular weight is 645 g/mol. The number of furan rings is 1. The Morgan fingerprint density at radius 1 is 0.540 bits per heavy atom. The average Bonchev–Trinajstić information content (AvgIpc) is 3.71. The van der Waals surface area contributed by atoms with Gasteiger partial charge in [0.05, 0.1) is 16.4 Å². The van der Waals surface area contributed by atoms with E-state index >= 15 is 0 Å². The van der Waals surface area contributed by atoms with Gasteiger partial charge in [0.1, 0.15) is 22.7 Å². The first-order valence-electron chi connectivity index (χ1n) is 17.1. The van der Waals surface area contributed by atoms with Crippen molar-refractivity contribution in [3.63, 3.8) is 0 Å². The molecule has 2 aromatic heterocycles. The molecule has 0 atom stereocenters. The summed E-state index contributed by atoms with van der Waals surface area (Å²) in [5.41, 5.74) is 11.8. The number of fused-ring (bicyclic) bond motifs is 8. The molecule has 0 amide bonds. The van der Waals surface area contributed by atoms with Gasteiger partial charge in [-0.3, -0.25) is 0 Å². The number of benzene rings is 7. The highest BCUT2D eigenvalue weighted by atomic mass is 16.5. The van der Waals surface area contributed by atoms with Crippen LogP contribution in [0.1, 0.15) is 18.1 Å².